The number of nitrogens with zero attached hydrogens (tertiary/aromatic N) is 1. The van der Waals surface area contributed by atoms with Crippen LogP contribution in [0.5, 0.6) is 0 Å². The predicted molar refractivity (Wildman–Crippen MR) is 67.1 cm³/mol. The summed E-state index contributed by atoms with van der Waals surface area (Å²) in [5, 5.41) is 0. The molecule has 0 fully saturated rings. The average Bonchev–Trinajstić information content (AvgIpc) is 2.29. The quantitative estimate of drug-likeness (QED) is 0.672. The van der Waals surface area contributed by atoms with E-state index < -0.39 is 0 Å². The summed E-state index contributed by atoms with van der Waals surface area (Å²) in [5.41, 5.74) is 3.90. The summed E-state index contributed by atoms with van der Waals surface area (Å²) in [6, 6.07) is 14.9. The van der Waals surface area contributed by atoms with Crippen molar-refractivity contribution in [1.82, 2.24) is 0 Å². The molecule has 0 spiro atoms. The van der Waals surface area contributed by atoms with Crippen LogP contribution in [0.3, 0.4) is 0 Å². The zero-order chi connectivity index (χ0) is 11.5. The third-order valence-electron chi connectivity index (χ3n) is 2.87. The molecule has 0 atom stereocenters. The lowest BCUT2D eigenvalue weighted by molar-refractivity contribution is -0.679. The summed E-state index contributed by atoms with van der Waals surface area (Å²) < 4.78 is 2.22. The van der Waals surface area contributed by atoms with Crippen molar-refractivity contribution < 1.29 is 4.57 Å². The van der Waals surface area contributed by atoms with E-state index in [0.717, 1.165) is 0 Å². The summed E-state index contributed by atoms with van der Waals surface area (Å²) in [7, 11) is 2.11. The Bertz CT molecular complexity index is 472. The maximum absolute atomic E-state index is 2.22. The van der Waals surface area contributed by atoms with Gasteiger partial charge in [0.05, 0.1) is 0 Å². The predicted octanol–water partition coefficient (Wildman–Crippen LogP) is 3.30. The van der Waals surface area contributed by atoms with E-state index in [4.69, 9.17) is 0 Å². The summed E-state index contributed by atoms with van der Waals surface area (Å²) in [6.07, 6.45) is 2.20. The van der Waals surface area contributed by atoms with Gasteiger partial charge in [-0.05, 0) is 11.6 Å². The average molecular weight is 212 g/mol. The second-order valence-electron chi connectivity index (χ2n) is 4.47. The van der Waals surface area contributed by atoms with Gasteiger partial charge in [0.25, 0.3) is 0 Å². The van der Waals surface area contributed by atoms with Crippen molar-refractivity contribution in [3.8, 4) is 11.1 Å². The van der Waals surface area contributed by atoms with Crippen LogP contribution in [0.25, 0.3) is 11.1 Å². The molecule has 0 unspecified atom stereocenters. The highest BCUT2D eigenvalue weighted by molar-refractivity contribution is 5.61. The zero-order valence-electron chi connectivity index (χ0n) is 10.1. The van der Waals surface area contributed by atoms with Gasteiger partial charge in [0.2, 0.25) is 0 Å². The lowest BCUT2D eigenvalue weighted by atomic mass is 10.0. The van der Waals surface area contributed by atoms with Crippen molar-refractivity contribution >= 4 is 0 Å². The maximum Gasteiger partial charge on any atom is 0.183 e. The molecule has 1 nitrogen and oxygen atoms in total. The van der Waals surface area contributed by atoms with Crippen LogP contribution in [0.2, 0.25) is 0 Å². The first kappa shape index (κ1) is 10.9. The second kappa shape index (κ2) is 4.48. The molecule has 0 bridgehead atoms. The van der Waals surface area contributed by atoms with Gasteiger partial charge in [-0.15, -0.1) is 0 Å². The molecule has 2 rings (SSSR count). The van der Waals surface area contributed by atoms with Gasteiger partial charge in [0.1, 0.15) is 7.05 Å². The minimum absolute atomic E-state index is 0.565. The Labute approximate surface area is 97.4 Å². The van der Waals surface area contributed by atoms with Gasteiger partial charge in [0.15, 0.2) is 11.9 Å². The molecule has 1 heteroatoms. The van der Waals surface area contributed by atoms with Crippen LogP contribution in [0.1, 0.15) is 25.5 Å². The first-order chi connectivity index (χ1) is 7.68. The molecular formula is C15H18N+. The molecule has 1 aromatic heterocycles. The first-order valence-electron chi connectivity index (χ1n) is 5.73. The van der Waals surface area contributed by atoms with Gasteiger partial charge < -0.3 is 0 Å². The van der Waals surface area contributed by atoms with Gasteiger partial charge in [-0.25, -0.2) is 4.57 Å². The van der Waals surface area contributed by atoms with Crippen LogP contribution >= 0.6 is 0 Å². The molecular weight excluding hydrogens is 194 g/mol. The molecule has 0 radical (unpaired) electrons. The zero-order valence-corrected chi connectivity index (χ0v) is 10.1. The highest BCUT2D eigenvalue weighted by Gasteiger charge is 2.11. The molecule has 0 aliphatic heterocycles. The standard InChI is InChI=1S/C15H18N/c1-12(2)15-10-9-14(11-16(15)3)13-7-5-4-6-8-13/h4-12H,1-3H3/q+1. The summed E-state index contributed by atoms with van der Waals surface area (Å²) in [5.74, 6) is 0.565. The Hall–Kier alpha value is -1.63. The van der Waals surface area contributed by atoms with E-state index in [1.54, 1.807) is 0 Å². The Balaban J connectivity index is 2.43. The van der Waals surface area contributed by atoms with E-state index in [1.165, 1.54) is 16.8 Å². The highest BCUT2D eigenvalue weighted by atomic mass is 14.9. The van der Waals surface area contributed by atoms with E-state index in [9.17, 15) is 0 Å². The Morgan fingerprint density at radius 1 is 0.875 bits per heavy atom. The third kappa shape index (κ3) is 2.13. The van der Waals surface area contributed by atoms with E-state index in [2.05, 4.69) is 68.1 Å². The minimum Gasteiger partial charge on any atom is -0.204 e. The Morgan fingerprint density at radius 2 is 1.56 bits per heavy atom. The number of benzene rings is 1. The molecule has 82 valence electrons. The van der Waals surface area contributed by atoms with Crippen molar-refractivity contribution in [3.05, 3.63) is 54.4 Å². The van der Waals surface area contributed by atoms with Gasteiger partial charge in [0, 0.05) is 17.5 Å². The van der Waals surface area contributed by atoms with Crippen LogP contribution < -0.4 is 4.57 Å². The number of aryl methyl sites for hydroxylation is 1. The molecule has 1 heterocycles. The van der Waals surface area contributed by atoms with E-state index in [-0.39, 0.29) is 0 Å². The normalized spacial score (nSPS) is 10.8. The number of hydrogen-bond donors (Lipinski definition) is 0. The summed E-state index contributed by atoms with van der Waals surface area (Å²) >= 11 is 0. The van der Waals surface area contributed by atoms with Gasteiger partial charge in [-0.2, -0.15) is 0 Å². The Kier molecular flexibility index (Phi) is 3.04. The smallest absolute Gasteiger partial charge is 0.183 e. The maximum atomic E-state index is 2.22. The summed E-state index contributed by atoms with van der Waals surface area (Å²) in [6.45, 7) is 4.44. The SMILES string of the molecule is CC(C)c1ccc(-c2ccccc2)c[n+]1C. The van der Waals surface area contributed by atoms with E-state index in [0.29, 0.717) is 5.92 Å². The second-order valence-corrected chi connectivity index (χ2v) is 4.47. The van der Waals surface area contributed by atoms with Gasteiger partial charge in [-0.1, -0.05) is 44.2 Å². The molecule has 1 aromatic carbocycles. The van der Waals surface area contributed by atoms with Crippen molar-refractivity contribution in [1.29, 1.82) is 0 Å². The fourth-order valence-electron chi connectivity index (χ4n) is 2.02. The van der Waals surface area contributed by atoms with Gasteiger partial charge in [-0.3, -0.25) is 0 Å². The molecule has 16 heavy (non-hydrogen) atoms. The molecule has 0 amide bonds. The van der Waals surface area contributed by atoms with Crippen LogP contribution in [-0.4, -0.2) is 0 Å². The van der Waals surface area contributed by atoms with Gasteiger partial charge >= 0.3 is 0 Å². The Morgan fingerprint density at radius 3 is 2.12 bits per heavy atom. The molecule has 0 aliphatic carbocycles. The van der Waals surface area contributed by atoms with Crippen LogP contribution in [0, 0.1) is 0 Å². The first-order valence-corrected chi connectivity index (χ1v) is 5.73. The van der Waals surface area contributed by atoms with Crippen LogP contribution in [-0.2, 0) is 7.05 Å². The number of rotatable bonds is 2. The molecule has 2 aromatic rings. The minimum atomic E-state index is 0.565. The lowest BCUT2D eigenvalue weighted by Crippen LogP contribution is -2.33. The number of aromatic nitrogens is 1. The van der Waals surface area contributed by atoms with E-state index >= 15 is 0 Å². The number of hydrogen-bond acceptors (Lipinski definition) is 0. The summed E-state index contributed by atoms with van der Waals surface area (Å²) in [4.78, 5) is 0. The monoisotopic (exact) mass is 212 g/mol. The van der Waals surface area contributed by atoms with E-state index in [1.807, 2.05) is 6.07 Å². The van der Waals surface area contributed by atoms with Crippen molar-refractivity contribution in [2.45, 2.75) is 19.8 Å². The topological polar surface area (TPSA) is 3.88 Å². The molecule has 0 N–H and O–H groups in total. The van der Waals surface area contributed by atoms with Crippen molar-refractivity contribution in [2.75, 3.05) is 0 Å². The fourth-order valence-corrected chi connectivity index (χ4v) is 2.02. The van der Waals surface area contributed by atoms with Crippen LogP contribution in [0.15, 0.2) is 48.7 Å². The lowest BCUT2D eigenvalue weighted by Gasteiger charge is -2.05. The van der Waals surface area contributed by atoms with Crippen LogP contribution in [0.4, 0.5) is 0 Å². The largest absolute Gasteiger partial charge is 0.204 e. The molecule has 0 saturated heterocycles. The number of pyridine rings is 1. The highest BCUT2D eigenvalue weighted by Crippen LogP contribution is 2.18. The third-order valence-corrected chi connectivity index (χ3v) is 2.87. The molecule has 0 saturated carbocycles. The van der Waals surface area contributed by atoms with Crippen molar-refractivity contribution in [2.24, 2.45) is 7.05 Å². The fraction of sp³-hybridized carbons (Fsp3) is 0.267. The molecule has 0 aliphatic rings. The van der Waals surface area contributed by atoms with Crippen molar-refractivity contribution in [3.63, 3.8) is 0 Å².